The summed E-state index contributed by atoms with van der Waals surface area (Å²) in [5.41, 5.74) is 3.17. The molecule has 2 N–H and O–H groups in total. The molecule has 0 saturated heterocycles. The quantitative estimate of drug-likeness (QED) is 0.450. The second kappa shape index (κ2) is 8.92. The van der Waals surface area contributed by atoms with E-state index in [1.807, 2.05) is 48.5 Å². The molecule has 4 aromatic rings. The highest BCUT2D eigenvalue weighted by Crippen LogP contribution is 2.23. The van der Waals surface area contributed by atoms with E-state index >= 15 is 0 Å². The summed E-state index contributed by atoms with van der Waals surface area (Å²) in [4.78, 5) is 32.6. The van der Waals surface area contributed by atoms with E-state index in [1.165, 1.54) is 23.9 Å². The molecule has 1 aromatic heterocycles. The van der Waals surface area contributed by atoms with E-state index in [4.69, 9.17) is 0 Å². The van der Waals surface area contributed by atoms with Gasteiger partial charge in [0.1, 0.15) is 11.5 Å². The van der Waals surface area contributed by atoms with E-state index in [-0.39, 0.29) is 23.7 Å². The normalized spacial score (nSPS) is 10.8. The predicted octanol–water partition coefficient (Wildman–Crippen LogP) is 4.54. The van der Waals surface area contributed by atoms with Gasteiger partial charge >= 0.3 is 0 Å². The number of hydrogen-bond donors (Lipinski definition) is 2. The lowest BCUT2D eigenvalue weighted by atomic mass is 10.1. The van der Waals surface area contributed by atoms with Crippen molar-refractivity contribution < 1.29 is 9.18 Å². The summed E-state index contributed by atoms with van der Waals surface area (Å²) >= 11 is 1.50. The number of para-hydroxylation sites is 2. The lowest BCUT2D eigenvalue weighted by Crippen LogP contribution is -2.14. The van der Waals surface area contributed by atoms with Crippen molar-refractivity contribution in [3.05, 3.63) is 100 Å². The van der Waals surface area contributed by atoms with Crippen LogP contribution in [0.1, 0.15) is 11.3 Å². The molecule has 5 nitrogen and oxygen atoms in total. The largest absolute Gasteiger partial charge is 0.326 e. The first kappa shape index (κ1) is 19.8. The second-order valence-corrected chi connectivity index (χ2v) is 7.74. The Labute approximate surface area is 176 Å². The summed E-state index contributed by atoms with van der Waals surface area (Å²) in [6, 6.07) is 20.7. The number of H-pyrrole nitrogens is 1. The number of halogens is 1. The standard InChI is InChI=1S/C23H18FN3O2S/c24-16-7-5-15(6-8-16)13-22(28)25-17-9-11-18(12-10-17)30-14-21-23(29)27-20-4-2-1-3-19(20)26-21/h1-12H,13-14H2,(H,25,28)(H,27,29). The van der Waals surface area contributed by atoms with Crippen LogP contribution >= 0.6 is 11.8 Å². The zero-order valence-corrected chi connectivity index (χ0v) is 16.7. The average Bonchev–Trinajstić information content (AvgIpc) is 2.75. The highest BCUT2D eigenvalue weighted by molar-refractivity contribution is 7.98. The van der Waals surface area contributed by atoms with Gasteiger partial charge in [0.2, 0.25) is 5.91 Å². The van der Waals surface area contributed by atoms with Crippen LogP contribution in [0, 0.1) is 5.82 Å². The second-order valence-electron chi connectivity index (χ2n) is 6.69. The molecule has 3 aromatic carbocycles. The summed E-state index contributed by atoms with van der Waals surface area (Å²) in [7, 11) is 0. The Hall–Kier alpha value is -3.45. The van der Waals surface area contributed by atoms with Crippen LogP contribution < -0.4 is 10.9 Å². The van der Waals surface area contributed by atoms with Gasteiger partial charge in [-0.3, -0.25) is 9.59 Å². The number of amides is 1. The Bertz CT molecular complexity index is 1240. The van der Waals surface area contributed by atoms with E-state index in [0.29, 0.717) is 17.1 Å². The fourth-order valence-electron chi connectivity index (χ4n) is 2.94. The number of aromatic amines is 1. The summed E-state index contributed by atoms with van der Waals surface area (Å²) in [6.45, 7) is 0. The van der Waals surface area contributed by atoms with Gasteiger partial charge in [0.15, 0.2) is 0 Å². The number of nitrogens with one attached hydrogen (secondary N) is 2. The Balaban J connectivity index is 1.35. The molecule has 30 heavy (non-hydrogen) atoms. The minimum Gasteiger partial charge on any atom is -0.326 e. The number of aromatic nitrogens is 2. The van der Waals surface area contributed by atoms with Gasteiger partial charge in [-0.2, -0.15) is 0 Å². The van der Waals surface area contributed by atoms with E-state index in [1.54, 1.807) is 12.1 Å². The van der Waals surface area contributed by atoms with Crippen molar-refractivity contribution >= 4 is 34.4 Å². The minimum atomic E-state index is -0.326. The van der Waals surface area contributed by atoms with Gasteiger partial charge in [0.05, 0.1) is 17.5 Å². The number of hydrogen-bond acceptors (Lipinski definition) is 4. The molecule has 0 unspecified atom stereocenters. The van der Waals surface area contributed by atoms with Crippen LogP contribution in [0.4, 0.5) is 10.1 Å². The first-order chi connectivity index (χ1) is 14.6. The fraction of sp³-hybridized carbons (Fsp3) is 0.0870. The monoisotopic (exact) mass is 419 g/mol. The summed E-state index contributed by atoms with van der Waals surface area (Å²) in [5, 5.41) is 2.83. The lowest BCUT2D eigenvalue weighted by molar-refractivity contribution is -0.115. The lowest BCUT2D eigenvalue weighted by Gasteiger charge is -2.07. The molecule has 150 valence electrons. The zero-order valence-electron chi connectivity index (χ0n) is 15.9. The molecule has 0 saturated carbocycles. The Morgan fingerprint density at radius 3 is 2.50 bits per heavy atom. The third-order valence-electron chi connectivity index (χ3n) is 4.46. The van der Waals surface area contributed by atoms with Crippen LogP contribution in [0.3, 0.4) is 0 Å². The number of anilines is 1. The fourth-order valence-corrected chi connectivity index (χ4v) is 3.77. The summed E-state index contributed by atoms with van der Waals surface area (Å²) in [6.07, 6.45) is 0.174. The van der Waals surface area contributed by atoms with Crippen molar-refractivity contribution in [3.63, 3.8) is 0 Å². The van der Waals surface area contributed by atoms with Crippen LogP contribution in [0.2, 0.25) is 0 Å². The minimum absolute atomic E-state index is 0.172. The van der Waals surface area contributed by atoms with Crippen LogP contribution in [-0.4, -0.2) is 15.9 Å². The highest BCUT2D eigenvalue weighted by atomic mass is 32.2. The molecule has 0 atom stereocenters. The van der Waals surface area contributed by atoms with Crippen molar-refractivity contribution in [1.82, 2.24) is 9.97 Å². The van der Waals surface area contributed by atoms with Gasteiger partial charge in [-0.05, 0) is 54.1 Å². The first-order valence-corrected chi connectivity index (χ1v) is 10.3. The maximum atomic E-state index is 12.9. The van der Waals surface area contributed by atoms with E-state index < -0.39 is 0 Å². The highest BCUT2D eigenvalue weighted by Gasteiger charge is 2.07. The number of carbonyl (C=O) groups is 1. The van der Waals surface area contributed by atoms with E-state index in [2.05, 4.69) is 15.3 Å². The van der Waals surface area contributed by atoms with E-state index in [0.717, 1.165) is 21.5 Å². The molecule has 0 aliphatic rings. The molecule has 7 heteroatoms. The molecule has 0 bridgehead atoms. The third-order valence-corrected chi connectivity index (χ3v) is 5.48. The molecule has 0 radical (unpaired) electrons. The molecular formula is C23H18FN3O2S. The molecular weight excluding hydrogens is 401 g/mol. The molecule has 0 spiro atoms. The number of carbonyl (C=O) groups excluding carboxylic acids is 1. The van der Waals surface area contributed by atoms with Crippen molar-refractivity contribution in [1.29, 1.82) is 0 Å². The van der Waals surface area contributed by atoms with Gasteiger partial charge in [-0.25, -0.2) is 9.37 Å². The van der Waals surface area contributed by atoms with Crippen molar-refractivity contribution in [2.24, 2.45) is 0 Å². The van der Waals surface area contributed by atoms with Gasteiger partial charge in [-0.15, -0.1) is 11.8 Å². The number of benzene rings is 3. The maximum absolute atomic E-state index is 12.9. The van der Waals surface area contributed by atoms with Crippen molar-refractivity contribution in [2.45, 2.75) is 17.1 Å². The van der Waals surface area contributed by atoms with Crippen LogP contribution in [0.5, 0.6) is 0 Å². The van der Waals surface area contributed by atoms with Crippen LogP contribution in [0.15, 0.2) is 82.5 Å². The molecule has 0 aliphatic carbocycles. The number of fused-ring (bicyclic) bond motifs is 1. The van der Waals surface area contributed by atoms with Crippen molar-refractivity contribution in [2.75, 3.05) is 5.32 Å². The number of thioether (sulfide) groups is 1. The van der Waals surface area contributed by atoms with Gasteiger partial charge < -0.3 is 10.3 Å². The zero-order chi connectivity index (χ0) is 20.9. The number of rotatable bonds is 6. The van der Waals surface area contributed by atoms with Gasteiger partial charge in [0, 0.05) is 16.3 Å². The summed E-state index contributed by atoms with van der Waals surface area (Å²) in [5.74, 6) is -0.0572. The predicted molar refractivity (Wildman–Crippen MR) is 117 cm³/mol. The number of nitrogens with zero attached hydrogens (tertiary/aromatic N) is 1. The van der Waals surface area contributed by atoms with Gasteiger partial charge in [-0.1, -0.05) is 24.3 Å². The topological polar surface area (TPSA) is 74.8 Å². The third kappa shape index (κ3) is 4.93. The average molecular weight is 419 g/mol. The maximum Gasteiger partial charge on any atom is 0.271 e. The smallest absolute Gasteiger partial charge is 0.271 e. The molecule has 0 fully saturated rings. The van der Waals surface area contributed by atoms with Gasteiger partial charge in [0.25, 0.3) is 5.56 Å². The molecule has 1 amide bonds. The Morgan fingerprint density at radius 1 is 1.00 bits per heavy atom. The first-order valence-electron chi connectivity index (χ1n) is 9.32. The molecule has 1 heterocycles. The Morgan fingerprint density at radius 2 is 1.73 bits per heavy atom. The van der Waals surface area contributed by atoms with E-state index in [9.17, 15) is 14.0 Å². The summed E-state index contributed by atoms with van der Waals surface area (Å²) < 4.78 is 12.9. The SMILES string of the molecule is O=C(Cc1ccc(F)cc1)Nc1ccc(SCc2nc3ccccc3[nH]c2=O)cc1. The Kier molecular flexibility index (Phi) is 5.90. The molecule has 4 rings (SSSR count). The van der Waals surface area contributed by atoms with Crippen LogP contribution in [-0.2, 0) is 17.0 Å². The molecule has 0 aliphatic heterocycles. The van der Waals surface area contributed by atoms with Crippen LogP contribution in [0.25, 0.3) is 11.0 Å². The van der Waals surface area contributed by atoms with Crippen molar-refractivity contribution in [3.8, 4) is 0 Å².